The van der Waals surface area contributed by atoms with E-state index in [1.807, 2.05) is 4.90 Å². The molecule has 0 spiro atoms. The molecule has 0 aromatic rings. The van der Waals surface area contributed by atoms with Crippen molar-refractivity contribution in [2.24, 2.45) is 5.92 Å². The molecule has 140 valence electrons. The van der Waals surface area contributed by atoms with Gasteiger partial charge in [-0.15, -0.1) is 0 Å². The molecular formula is C18H29N3O4. The molecule has 2 saturated heterocycles. The lowest BCUT2D eigenvalue weighted by Crippen LogP contribution is -2.58. The molecule has 2 heterocycles. The number of hydrogen-bond acceptors (Lipinski definition) is 3. The van der Waals surface area contributed by atoms with Gasteiger partial charge in [0.05, 0.1) is 5.92 Å². The van der Waals surface area contributed by atoms with Gasteiger partial charge in [-0.25, -0.2) is 4.79 Å². The van der Waals surface area contributed by atoms with Gasteiger partial charge < -0.3 is 20.2 Å². The summed E-state index contributed by atoms with van der Waals surface area (Å²) < 4.78 is 0. The van der Waals surface area contributed by atoms with Gasteiger partial charge in [0.2, 0.25) is 5.91 Å². The van der Waals surface area contributed by atoms with Crippen LogP contribution in [-0.2, 0) is 9.59 Å². The Hall–Kier alpha value is -1.79. The van der Waals surface area contributed by atoms with E-state index in [1.165, 1.54) is 19.3 Å². The van der Waals surface area contributed by atoms with E-state index in [0.717, 1.165) is 25.8 Å². The van der Waals surface area contributed by atoms with E-state index >= 15 is 0 Å². The van der Waals surface area contributed by atoms with Crippen molar-refractivity contribution in [2.45, 2.75) is 69.9 Å². The average Bonchev–Trinajstić information content (AvgIpc) is 2.64. The van der Waals surface area contributed by atoms with Gasteiger partial charge in [0.15, 0.2) is 0 Å². The van der Waals surface area contributed by atoms with Crippen molar-refractivity contribution in [3.63, 3.8) is 0 Å². The first kappa shape index (κ1) is 18.0. The summed E-state index contributed by atoms with van der Waals surface area (Å²) >= 11 is 0. The number of amides is 3. The van der Waals surface area contributed by atoms with Gasteiger partial charge in [-0.05, 0) is 38.5 Å². The molecule has 3 aliphatic rings. The van der Waals surface area contributed by atoms with E-state index in [0.29, 0.717) is 31.8 Å². The van der Waals surface area contributed by atoms with Crippen LogP contribution >= 0.6 is 0 Å². The molecule has 0 aromatic heterocycles. The third kappa shape index (κ3) is 4.25. The summed E-state index contributed by atoms with van der Waals surface area (Å²) in [5, 5.41) is 12.0. The molecule has 7 nitrogen and oxygen atoms in total. The smallest absolute Gasteiger partial charge is 0.318 e. The number of nitrogens with zero attached hydrogens (tertiary/aromatic N) is 2. The summed E-state index contributed by atoms with van der Waals surface area (Å²) in [6.07, 6.45) is 8.62. The van der Waals surface area contributed by atoms with Gasteiger partial charge in [0.1, 0.15) is 6.04 Å². The van der Waals surface area contributed by atoms with Crippen LogP contribution in [0.2, 0.25) is 0 Å². The Balaban J connectivity index is 1.56. The highest BCUT2D eigenvalue weighted by atomic mass is 16.4. The molecule has 7 heteroatoms. The molecule has 2 N–H and O–H groups in total. The SMILES string of the molecule is O=C(O)C1CCCN(C(=O)NC2CCCN(C3CCCCC3)C2=O)C1. The molecule has 2 atom stereocenters. The second-order valence-electron chi connectivity index (χ2n) is 7.59. The number of aliphatic carboxylic acids is 1. The number of carbonyl (C=O) groups is 3. The number of piperidine rings is 2. The van der Waals surface area contributed by atoms with Crippen LogP contribution in [-0.4, -0.2) is 64.5 Å². The van der Waals surface area contributed by atoms with Gasteiger partial charge in [0, 0.05) is 25.7 Å². The normalized spacial score (nSPS) is 28.7. The zero-order valence-corrected chi connectivity index (χ0v) is 14.8. The Morgan fingerprint density at radius 2 is 1.68 bits per heavy atom. The Morgan fingerprint density at radius 1 is 0.960 bits per heavy atom. The lowest BCUT2D eigenvalue weighted by Gasteiger charge is -2.40. The maximum Gasteiger partial charge on any atom is 0.318 e. The molecule has 1 saturated carbocycles. The van der Waals surface area contributed by atoms with Crippen LogP contribution in [0.1, 0.15) is 57.8 Å². The van der Waals surface area contributed by atoms with Gasteiger partial charge in [-0.3, -0.25) is 9.59 Å². The Labute approximate surface area is 148 Å². The van der Waals surface area contributed by atoms with Crippen molar-refractivity contribution < 1.29 is 19.5 Å². The highest BCUT2D eigenvalue weighted by Crippen LogP contribution is 2.26. The number of carbonyl (C=O) groups excluding carboxylic acids is 2. The zero-order valence-electron chi connectivity index (χ0n) is 14.8. The first-order valence-electron chi connectivity index (χ1n) is 9.65. The van der Waals surface area contributed by atoms with Crippen molar-refractivity contribution in [1.29, 1.82) is 0 Å². The quantitative estimate of drug-likeness (QED) is 0.811. The monoisotopic (exact) mass is 351 g/mol. The maximum atomic E-state index is 12.8. The van der Waals surface area contributed by atoms with Crippen molar-refractivity contribution >= 4 is 17.9 Å². The van der Waals surface area contributed by atoms with E-state index in [4.69, 9.17) is 5.11 Å². The minimum atomic E-state index is -0.852. The van der Waals surface area contributed by atoms with E-state index in [9.17, 15) is 14.4 Å². The number of carboxylic acid groups (broad SMARTS) is 1. The molecule has 25 heavy (non-hydrogen) atoms. The van der Waals surface area contributed by atoms with Gasteiger partial charge in [-0.1, -0.05) is 19.3 Å². The van der Waals surface area contributed by atoms with Crippen LogP contribution in [0.25, 0.3) is 0 Å². The summed E-state index contributed by atoms with van der Waals surface area (Å²) in [5.74, 6) is -1.31. The van der Waals surface area contributed by atoms with Crippen LogP contribution < -0.4 is 5.32 Å². The topological polar surface area (TPSA) is 89.9 Å². The van der Waals surface area contributed by atoms with Crippen molar-refractivity contribution in [2.75, 3.05) is 19.6 Å². The fraction of sp³-hybridized carbons (Fsp3) is 0.833. The highest BCUT2D eigenvalue weighted by Gasteiger charge is 2.36. The average molecular weight is 351 g/mol. The molecular weight excluding hydrogens is 322 g/mol. The summed E-state index contributed by atoms with van der Waals surface area (Å²) in [6.45, 7) is 1.58. The first-order chi connectivity index (χ1) is 12.1. The molecule has 3 fully saturated rings. The zero-order chi connectivity index (χ0) is 17.8. The van der Waals surface area contributed by atoms with E-state index in [1.54, 1.807) is 4.90 Å². The van der Waals surface area contributed by atoms with Crippen LogP contribution in [0.15, 0.2) is 0 Å². The third-order valence-electron chi connectivity index (χ3n) is 5.84. The second kappa shape index (κ2) is 8.06. The molecule has 2 unspecified atom stereocenters. The standard InChI is InChI=1S/C18H29N3O4/c22-16-15(9-5-11-21(16)14-7-2-1-3-8-14)19-18(25)20-10-4-6-13(12-20)17(23)24/h13-15H,1-12H2,(H,19,25)(H,23,24). The lowest BCUT2D eigenvalue weighted by atomic mass is 9.91. The fourth-order valence-electron chi connectivity index (χ4n) is 4.39. The number of likely N-dealkylation sites (tertiary alicyclic amines) is 2. The Kier molecular flexibility index (Phi) is 5.81. The van der Waals surface area contributed by atoms with Crippen molar-refractivity contribution in [3.05, 3.63) is 0 Å². The number of nitrogens with one attached hydrogen (secondary N) is 1. The number of hydrogen-bond donors (Lipinski definition) is 2. The summed E-state index contributed by atoms with van der Waals surface area (Å²) in [6, 6.07) is -0.435. The molecule has 1 aliphatic carbocycles. The van der Waals surface area contributed by atoms with Crippen LogP contribution in [0.3, 0.4) is 0 Å². The minimum absolute atomic E-state index is 0.0401. The molecule has 3 rings (SSSR count). The van der Waals surface area contributed by atoms with E-state index in [2.05, 4.69) is 5.32 Å². The Bertz CT molecular complexity index is 518. The van der Waals surface area contributed by atoms with Gasteiger partial charge in [-0.2, -0.15) is 0 Å². The van der Waals surface area contributed by atoms with Crippen molar-refractivity contribution in [1.82, 2.24) is 15.1 Å². The van der Waals surface area contributed by atoms with Crippen LogP contribution in [0.4, 0.5) is 4.79 Å². The Morgan fingerprint density at radius 3 is 2.40 bits per heavy atom. The predicted octanol–water partition coefficient (Wildman–Crippen LogP) is 1.82. The summed E-state index contributed by atoms with van der Waals surface area (Å²) in [5.41, 5.74) is 0. The van der Waals surface area contributed by atoms with Crippen molar-refractivity contribution in [3.8, 4) is 0 Å². The number of carboxylic acids is 1. The fourth-order valence-corrected chi connectivity index (χ4v) is 4.39. The largest absolute Gasteiger partial charge is 0.481 e. The lowest BCUT2D eigenvalue weighted by molar-refractivity contribution is -0.143. The number of rotatable bonds is 3. The molecule has 0 aromatic carbocycles. The predicted molar refractivity (Wildman–Crippen MR) is 92.1 cm³/mol. The van der Waals surface area contributed by atoms with E-state index in [-0.39, 0.29) is 18.5 Å². The summed E-state index contributed by atoms with van der Waals surface area (Å²) in [7, 11) is 0. The third-order valence-corrected chi connectivity index (χ3v) is 5.84. The van der Waals surface area contributed by atoms with Crippen LogP contribution in [0.5, 0.6) is 0 Å². The number of urea groups is 1. The summed E-state index contributed by atoms with van der Waals surface area (Å²) in [4.78, 5) is 40.0. The van der Waals surface area contributed by atoms with Crippen LogP contribution in [0, 0.1) is 5.92 Å². The van der Waals surface area contributed by atoms with Gasteiger partial charge in [0.25, 0.3) is 0 Å². The molecule has 3 amide bonds. The second-order valence-corrected chi connectivity index (χ2v) is 7.59. The minimum Gasteiger partial charge on any atom is -0.481 e. The van der Waals surface area contributed by atoms with Gasteiger partial charge >= 0.3 is 12.0 Å². The highest BCUT2D eigenvalue weighted by molar-refractivity contribution is 5.88. The molecule has 0 radical (unpaired) electrons. The molecule has 0 bridgehead atoms. The molecule has 2 aliphatic heterocycles. The van der Waals surface area contributed by atoms with E-state index < -0.39 is 17.9 Å². The maximum absolute atomic E-state index is 12.8. The first-order valence-corrected chi connectivity index (χ1v) is 9.65.